The maximum absolute atomic E-state index is 5.26. The van der Waals surface area contributed by atoms with Crippen LogP contribution < -0.4 is 0 Å². The van der Waals surface area contributed by atoms with E-state index < -0.39 is 0 Å². The second-order valence-corrected chi connectivity index (χ2v) is 21.2. The molecule has 0 N–H and O–H groups in total. The smallest absolute Gasteiger partial charge is 0.0665 e. The van der Waals surface area contributed by atoms with E-state index in [1.165, 1.54) is 295 Å². The summed E-state index contributed by atoms with van der Waals surface area (Å²) in [5, 5.41) is 0. The van der Waals surface area contributed by atoms with Crippen molar-refractivity contribution in [3.05, 3.63) is 72.3 Å². The molecule has 0 unspecified atom stereocenters. The van der Waals surface area contributed by atoms with E-state index >= 15 is 0 Å². The normalized spacial score (nSPS) is 12.1. The van der Waals surface area contributed by atoms with Crippen molar-refractivity contribution in [3.8, 4) is 0 Å². The zero-order valence-corrected chi connectivity index (χ0v) is 45.8. The van der Waals surface area contributed by atoms with Gasteiger partial charge in [-0.3, -0.25) is 9.98 Å². The van der Waals surface area contributed by atoms with E-state index in [1.807, 2.05) is 6.21 Å². The van der Waals surface area contributed by atoms with Crippen molar-refractivity contribution in [2.24, 2.45) is 9.98 Å². The number of aryl methyl sites for hydroxylation is 1. The zero-order chi connectivity index (χ0) is 48.2. The molecular formula is C66H114N2. The third-order valence-corrected chi connectivity index (χ3v) is 14.6. The van der Waals surface area contributed by atoms with Gasteiger partial charge in [-0.25, -0.2) is 0 Å². The number of para-hydroxylation sites is 2. The summed E-state index contributed by atoms with van der Waals surface area (Å²) in [6.45, 7) is 4.62. The van der Waals surface area contributed by atoms with Crippen LogP contribution in [0.5, 0.6) is 0 Å². The van der Waals surface area contributed by atoms with Gasteiger partial charge in [0, 0.05) is 6.21 Å². The van der Waals surface area contributed by atoms with Crippen molar-refractivity contribution in [3.63, 3.8) is 0 Å². The highest BCUT2D eigenvalue weighted by atomic mass is 14.8. The van der Waals surface area contributed by atoms with Crippen LogP contribution >= 0.6 is 0 Å². The van der Waals surface area contributed by atoms with Crippen molar-refractivity contribution in [1.82, 2.24) is 0 Å². The standard InChI is InChI=1S/C66H114N2/c1-3-5-7-9-11-13-15-17-19-21-23-25-26-27-28-29-30-31-32-34-36-38-40-42-44-46-48-51-60-65(62-67-64-58-52-49-53-59-64)68-66-61-55-54-57-63(66)56-50-47-45-43-41-39-37-35-33-24-22-20-18-16-14-12-10-8-6-4-2/h43,45,49,52-55,57-59,61-62H,3-42,44,46-48,50-51,56,60H2,1-2H3/b45-43+,67-62?,68-65?. The average Bonchev–Trinajstić information content (AvgIpc) is 3.36. The van der Waals surface area contributed by atoms with Gasteiger partial charge in [-0.2, -0.15) is 0 Å². The SMILES string of the molecule is CCCCCCCCCCCCCCCCC/C=C/CCCc1ccccc1N=C(C=Nc1ccccc1)CCCCCCCCCCCCCCCCCCCCCCCCCCCCCC. The molecule has 0 fully saturated rings. The van der Waals surface area contributed by atoms with E-state index in [2.05, 4.69) is 80.6 Å². The number of hydrogen-bond donors (Lipinski definition) is 0. The molecule has 0 saturated heterocycles. The lowest BCUT2D eigenvalue weighted by Gasteiger charge is -2.08. The Hall–Kier alpha value is -2.48. The van der Waals surface area contributed by atoms with Crippen molar-refractivity contribution in [1.29, 1.82) is 0 Å². The summed E-state index contributed by atoms with van der Waals surface area (Å²) in [6, 6.07) is 19.2. The van der Waals surface area contributed by atoms with Crippen LogP contribution in [-0.2, 0) is 6.42 Å². The van der Waals surface area contributed by atoms with Crippen molar-refractivity contribution in [2.45, 2.75) is 322 Å². The summed E-state index contributed by atoms with van der Waals surface area (Å²) in [7, 11) is 0. The Labute approximate surface area is 425 Å². The van der Waals surface area contributed by atoms with Crippen LogP contribution in [-0.4, -0.2) is 11.9 Å². The van der Waals surface area contributed by atoms with Gasteiger partial charge in [0.25, 0.3) is 0 Å². The van der Waals surface area contributed by atoms with Crippen LogP contribution in [0.25, 0.3) is 0 Å². The van der Waals surface area contributed by atoms with Crippen LogP contribution in [0.15, 0.2) is 76.7 Å². The predicted octanol–water partition coefficient (Wildman–Crippen LogP) is 23.6. The number of rotatable bonds is 52. The Morgan fingerprint density at radius 2 is 0.662 bits per heavy atom. The molecule has 0 spiro atoms. The molecule has 2 aromatic carbocycles. The van der Waals surface area contributed by atoms with Gasteiger partial charge in [0.2, 0.25) is 0 Å². The van der Waals surface area contributed by atoms with Crippen molar-refractivity contribution < 1.29 is 0 Å². The van der Waals surface area contributed by atoms with Gasteiger partial charge in [0.1, 0.15) is 0 Å². The molecule has 2 nitrogen and oxygen atoms in total. The number of nitrogens with zero attached hydrogens (tertiary/aromatic N) is 2. The minimum Gasteiger partial charge on any atom is -0.255 e. The Bertz CT molecular complexity index is 1390. The Kier molecular flexibility index (Phi) is 46.1. The van der Waals surface area contributed by atoms with Gasteiger partial charge in [-0.1, -0.05) is 326 Å². The minimum atomic E-state index is 0.992. The first-order valence-electron chi connectivity index (χ1n) is 30.7. The fourth-order valence-electron chi connectivity index (χ4n) is 10.1. The summed E-state index contributed by atoms with van der Waals surface area (Å²) in [4.78, 5) is 10.1. The highest BCUT2D eigenvalue weighted by Crippen LogP contribution is 2.23. The van der Waals surface area contributed by atoms with E-state index in [0.717, 1.165) is 36.3 Å². The fraction of sp³-hybridized carbons (Fsp3) is 0.758. The highest BCUT2D eigenvalue weighted by Gasteiger charge is 2.05. The first kappa shape index (κ1) is 61.6. The number of unbranched alkanes of at least 4 members (excludes halogenated alkanes) is 43. The van der Waals surface area contributed by atoms with Gasteiger partial charge >= 0.3 is 0 Å². The molecule has 0 atom stereocenters. The zero-order valence-electron chi connectivity index (χ0n) is 45.8. The fourth-order valence-corrected chi connectivity index (χ4v) is 10.1. The average molecular weight is 936 g/mol. The highest BCUT2D eigenvalue weighted by molar-refractivity contribution is 6.31. The molecule has 2 rings (SSSR count). The molecule has 2 aromatic rings. The lowest BCUT2D eigenvalue weighted by Crippen LogP contribution is -2.00. The molecule has 68 heavy (non-hydrogen) atoms. The summed E-state index contributed by atoms with van der Waals surface area (Å²) >= 11 is 0. The summed E-state index contributed by atoms with van der Waals surface area (Å²) in [5.74, 6) is 0. The van der Waals surface area contributed by atoms with Gasteiger partial charge in [0.05, 0.1) is 17.1 Å². The molecule has 0 amide bonds. The van der Waals surface area contributed by atoms with Crippen LogP contribution in [0.3, 0.4) is 0 Å². The number of hydrogen-bond acceptors (Lipinski definition) is 2. The lowest BCUT2D eigenvalue weighted by atomic mass is 10.0. The maximum atomic E-state index is 5.26. The predicted molar refractivity (Wildman–Crippen MR) is 309 cm³/mol. The van der Waals surface area contributed by atoms with Crippen LogP contribution in [0.2, 0.25) is 0 Å². The molecular weight excluding hydrogens is 821 g/mol. The van der Waals surface area contributed by atoms with Gasteiger partial charge in [-0.15, -0.1) is 0 Å². The number of aliphatic imine (C=N–C) groups is 2. The molecule has 0 heterocycles. The second-order valence-electron chi connectivity index (χ2n) is 21.2. The van der Waals surface area contributed by atoms with E-state index in [-0.39, 0.29) is 0 Å². The first-order valence-corrected chi connectivity index (χ1v) is 30.7. The number of allylic oxidation sites excluding steroid dienone is 2. The van der Waals surface area contributed by atoms with E-state index in [0.29, 0.717) is 0 Å². The summed E-state index contributed by atoms with van der Waals surface area (Å²) in [5.41, 5.74) is 4.60. The van der Waals surface area contributed by atoms with Gasteiger partial charge < -0.3 is 0 Å². The summed E-state index contributed by atoms with van der Waals surface area (Å²) in [6.07, 6.45) is 74.2. The van der Waals surface area contributed by atoms with Gasteiger partial charge in [-0.05, 0) is 68.7 Å². The molecule has 0 aliphatic carbocycles. The monoisotopic (exact) mass is 935 g/mol. The van der Waals surface area contributed by atoms with Crippen molar-refractivity contribution >= 4 is 23.3 Å². The number of benzene rings is 2. The molecule has 0 aliphatic heterocycles. The largest absolute Gasteiger partial charge is 0.255 e. The molecule has 0 radical (unpaired) electrons. The molecule has 0 saturated carbocycles. The van der Waals surface area contributed by atoms with E-state index in [1.54, 1.807) is 0 Å². The van der Waals surface area contributed by atoms with Crippen molar-refractivity contribution in [2.75, 3.05) is 0 Å². The Morgan fingerprint density at radius 3 is 1.06 bits per heavy atom. The lowest BCUT2D eigenvalue weighted by molar-refractivity contribution is 0.514. The third-order valence-electron chi connectivity index (χ3n) is 14.6. The van der Waals surface area contributed by atoms with E-state index in [4.69, 9.17) is 9.98 Å². The maximum Gasteiger partial charge on any atom is 0.0665 e. The van der Waals surface area contributed by atoms with Crippen LogP contribution in [0, 0.1) is 0 Å². The second kappa shape index (κ2) is 50.9. The Balaban J connectivity index is 1.49. The van der Waals surface area contributed by atoms with Crippen LogP contribution in [0.4, 0.5) is 11.4 Å². The third kappa shape index (κ3) is 41.3. The van der Waals surface area contributed by atoms with Crippen LogP contribution in [0.1, 0.15) is 321 Å². The van der Waals surface area contributed by atoms with E-state index in [9.17, 15) is 0 Å². The molecule has 0 aliphatic rings. The molecule has 388 valence electrons. The minimum absolute atomic E-state index is 0.992. The summed E-state index contributed by atoms with van der Waals surface area (Å²) < 4.78 is 0. The first-order chi connectivity index (χ1) is 33.8. The molecule has 0 aromatic heterocycles. The quantitative estimate of drug-likeness (QED) is 0.0359. The van der Waals surface area contributed by atoms with Gasteiger partial charge in [0.15, 0.2) is 0 Å². The Morgan fingerprint density at radius 1 is 0.338 bits per heavy atom. The topological polar surface area (TPSA) is 24.7 Å². The molecule has 2 heteroatoms. The molecule has 0 bridgehead atoms.